The molecule has 0 aromatic heterocycles. The van der Waals surface area contributed by atoms with Crippen LogP contribution in [0.1, 0.15) is 39.0 Å². The molecule has 72 valence electrons. The molecule has 3 rings (SSSR count). The van der Waals surface area contributed by atoms with Crippen LogP contribution in [0.5, 0.6) is 0 Å². The fourth-order valence-electron chi connectivity index (χ4n) is 4.45. The van der Waals surface area contributed by atoms with Gasteiger partial charge in [0.1, 0.15) is 0 Å². The molecule has 1 spiro atoms. The molecule has 0 amide bonds. The first kappa shape index (κ1) is 8.05. The number of hydrogen-bond donors (Lipinski definition) is 1. The summed E-state index contributed by atoms with van der Waals surface area (Å²) in [5.41, 5.74) is 1.96. The van der Waals surface area contributed by atoms with Gasteiger partial charge in [-0.1, -0.05) is 18.1 Å². The van der Waals surface area contributed by atoms with Gasteiger partial charge in [0.2, 0.25) is 0 Å². The van der Waals surface area contributed by atoms with Crippen molar-refractivity contribution in [3.8, 4) is 0 Å². The summed E-state index contributed by atoms with van der Waals surface area (Å²) in [5, 5.41) is 9.94. The van der Waals surface area contributed by atoms with Gasteiger partial charge in [-0.05, 0) is 49.9 Å². The van der Waals surface area contributed by atoms with Gasteiger partial charge in [-0.25, -0.2) is 0 Å². The van der Waals surface area contributed by atoms with E-state index in [1.807, 2.05) is 0 Å². The van der Waals surface area contributed by atoms with E-state index in [0.717, 1.165) is 5.92 Å². The summed E-state index contributed by atoms with van der Waals surface area (Å²) in [6.45, 7) is 2.24. The second-order valence-electron chi connectivity index (χ2n) is 5.15. The van der Waals surface area contributed by atoms with Gasteiger partial charge in [-0.3, -0.25) is 0 Å². The predicted octanol–water partition coefficient (Wildman–Crippen LogP) is 2.50. The molecule has 3 aliphatic rings. The molecule has 0 radical (unpaired) electrons. The summed E-state index contributed by atoms with van der Waals surface area (Å²) in [4.78, 5) is 0. The number of aliphatic hydroxyl groups is 1. The van der Waals surface area contributed by atoms with Crippen molar-refractivity contribution in [3.63, 3.8) is 0 Å². The highest BCUT2D eigenvalue weighted by Gasteiger charge is 2.57. The number of aliphatic hydroxyl groups excluding tert-OH is 1. The quantitative estimate of drug-likeness (QED) is 0.565. The first-order chi connectivity index (χ1) is 6.25. The maximum Gasteiger partial charge on any atom is 0.0760 e. The minimum absolute atomic E-state index is 0.122. The van der Waals surface area contributed by atoms with Gasteiger partial charge >= 0.3 is 0 Å². The zero-order valence-corrected chi connectivity index (χ0v) is 8.29. The van der Waals surface area contributed by atoms with Crippen molar-refractivity contribution < 1.29 is 5.11 Å². The van der Waals surface area contributed by atoms with Crippen molar-refractivity contribution in [1.82, 2.24) is 0 Å². The first-order valence-corrected chi connectivity index (χ1v) is 5.62. The third-order valence-electron chi connectivity index (χ3n) is 4.93. The van der Waals surface area contributed by atoms with Crippen LogP contribution in [0.15, 0.2) is 11.6 Å². The zero-order chi connectivity index (χ0) is 9.05. The van der Waals surface area contributed by atoms with E-state index in [9.17, 15) is 5.11 Å². The van der Waals surface area contributed by atoms with Crippen LogP contribution in [-0.4, -0.2) is 11.2 Å². The second-order valence-corrected chi connectivity index (χ2v) is 5.15. The van der Waals surface area contributed by atoms with Crippen LogP contribution in [0.3, 0.4) is 0 Å². The molecule has 0 aromatic rings. The third-order valence-corrected chi connectivity index (χ3v) is 4.93. The Morgan fingerprint density at radius 3 is 3.08 bits per heavy atom. The van der Waals surface area contributed by atoms with Gasteiger partial charge in [0.15, 0.2) is 0 Å². The summed E-state index contributed by atoms with van der Waals surface area (Å²) in [5.74, 6) is 1.49. The number of rotatable bonds is 0. The molecule has 3 aliphatic carbocycles. The van der Waals surface area contributed by atoms with E-state index < -0.39 is 0 Å². The molecule has 4 atom stereocenters. The van der Waals surface area contributed by atoms with Crippen LogP contribution in [-0.2, 0) is 0 Å². The van der Waals surface area contributed by atoms with Gasteiger partial charge in [0, 0.05) is 0 Å². The molecule has 1 N–H and O–H groups in total. The van der Waals surface area contributed by atoms with Crippen molar-refractivity contribution in [2.24, 2.45) is 17.3 Å². The maximum atomic E-state index is 9.94. The highest BCUT2D eigenvalue weighted by Crippen LogP contribution is 2.64. The predicted molar refractivity (Wildman–Crippen MR) is 52.3 cm³/mol. The lowest BCUT2D eigenvalue weighted by atomic mass is 9.72. The molecular formula is C12H18O. The van der Waals surface area contributed by atoms with E-state index in [1.54, 1.807) is 0 Å². The van der Waals surface area contributed by atoms with Gasteiger partial charge in [-0.15, -0.1) is 0 Å². The van der Waals surface area contributed by atoms with Crippen molar-refractivity contribution in [2.45, 2.75) is 45.1 Å². The normalized spacial score (nSPS) is 53.4. The Morgan fingerprint density at radius 2 is 2.23 bits per heavy atom. The molecule has 1 heteroatoms. The SMILES string of the molecule is CC1=C[C@@H](O)[C@@H]2CC[C@H]3CCC[C@]132. The molecule has 0 bridgehead atoms. The van der Waals surface area contributed by atoms with Gasteiger partial charge in [0.25, 0.3) is 0 Å². The highest BCUT2D eigenvalue weighted by atomic mass is 16.3. The topological polar surface area (TPSA) is 20.2 Å². The highest BCUT2D eigenvalue weighted by molar-refractivity contribution is 5.30. The van der Waals surface area contributed by atoms with Crippen LogP contribution >= 0.6 is 0 Å². The standard InChI is InChI=1S/C12H18O/c1-8-7-11(13)10-5-4-9-3-2-6-12(8,9)10/h7,9-11,13H,2-6H2,1H3/t9-,10+,11-,12+/m1/s1. The Balaban J connectivity index is 2.07. The van der Waals surface area contributed by atoms with Gasteiger partial charge in [0.05, 0.1) is 6.10 Å². The molecule has 13 heavy (non-hydrogen) atoms. The Bertz CT molecular complexity index is 268. The van der Waals surface area contributed by atoms with Crippen LogP contribution in [0, 0.1) is 17.3 Å². The van der Waals surface area contributed by atoms with Crippen molar-refractivity contribution in [2.75, 3.05) is 0 Å². The molecule has 1 nitrogen and oxygen atoms in total. The van der Waals surface area contributed by atoms with Crippen LogP contribution in [0.2, 0.25) is 0 Å². The molecule has 0 heterocycles. The van der Waals surface area contributed by atoms with E-state index in [0.29, 0.717) is 11.3 Å². The summed E-state index contributed by atoms with van der Waals surface area (Å²) in [6, 6.07) is 0. The summed E-state index contributed by atoms with van der Waals surface area (Å²) < 4.78 is 0. The van der Waals surface area contributed by atoms with E-state index in [-0.39, 0.29) is 6.10 Å². The van der Waals surface area contributed by atoms with E-state index in [2.05, 4.69) is 13.0 Å². The summed E-state index contributed by atoms with van der Waals surface area (Å²) in [6.07, 6.45) is 8.78. The average Bonchev–Trinajstić information content (AvgIpc) is 2.63. The molecular weight excluding hydrogens is 160 g/mol. The average molecular weight is 178 g/mol. The summed E-state index contributed by atoms with van der Waals surface area (Å²) >= 11 is 0. The molecule has 0 unspecified atom stereocenters. The Labute approximate surface area is 79.8 Å². The Morgan fingerprint density at radius 1 is 1.38 bits per heavy atom. The Kier molecular flexibility index (Phi) is 1.48. The fourth-order valence-corrected chi connectivity index (χ4v) is 4.45. The van der Waals surface area contributed by atoms with E-state index in [1.165, 1.54) is 37.7 Å². The zero-order valence-electron chi connectivity index (χ0n) is 8.29. The lowest BCUT2D eigenvalue weighted by molar-refractivity contribution is 0.103. The maximum absolute atomic E-state index is 9.94. The van der Waals surface area contributed by atoms with Gasteiger partial charge < -0.3 is 5.11 Å². The lowest BCUT2D eigenvalue weighted by Crippen LogP contribution is -2.29. The van der Waals surface area contributed by atoms with Crippen LogP contribution < -0.4 is 0 Å². The van der Waals surface area contributed by atoms with Crippen LogP contribution in [0.25, 0.3) is 0 Å². The molecule has 0 aromatic carbocycles. The molecule has 0 saturated heterocycles. The van der Waals surface area contributed by atoms with Gasteiger partial charge in [-0.2, -0.15) is 0 Å². The first-order valence-electron chi connectivity index (χ1n) is 5.62. The largest absolute Gasteiger partial charge is 0.389 e. The number of allylic oxidation sites excluding steroid dienone is 1. The Hall–Kier alpha value is -0.300. The van der Waals surface area contributed by atoms with Crippen molar-refractivity contribution >= 4 is 0 Å². The summed E-state index contributed by atoms with van der Waals surface area (Å²) in [7, 11) is 0. The smallest absolute Gasteiger partial charge is 0.0760 e. The number of hydrogen-bond acceptors (Lipinski definition) is 1. The van der Waals surface area contributed by atoms with Crippen molar-refractivity contribution in [1.29, 1.82) is 0 Å². The molecule has 2 saturated carbocycles. The fraction of sp³-hybridized carbons (Fsp3) is 0.833. The minimum Gasteiger partial charge on any atom is -0.389 e. The van der Waals surface area contributed by atoms with Crippen LogP contribution in [0.4, 0.5) is 0 Å². The third kappa shape index (κ3) is 0.775. The molecule has 0 aliphatic heterocycles. The van der Waals surface area contributed by atoms with E-state index in [4.69, 9.17) is 0 Å². The van der Waals surface area contributed by atoms with Crippen molar-refractivity contribution in [3.05, 3.63) is 11.6 Å². The second kappa shape index (κ2) is 2.38. The lowest BCUT2D eigenvalue weighted by Gasteiger charge is -2.32. The van der Waals surface area contributed by atoms with E-state index >= 15 is 0 Å². The monoisotopic (exact) mass is 178 g/mol. The minimum atomic E-state index is -0.122. The molecule has 2 fully saturated rings.